The smallest absolute Gasteiger partial charge is 0.191 e. The van der Waals surface area contributed by atoms with E-state index in [1.807, 2.05) is 13.8 Å². The van der Waals surface area contributed by atoms with Gasteiger partial charge in [-0.15, -0.1) is 0 Å². The van der Waals surface area contributed by atoms with Crippen molar-refractivity contribution in [1.82, 2.24) is 10.6 Å². The van der Waals surface area contributed by atoms with Crippen molar-refractivity contribution >= 4 is 16.9 Å². The van der Waals surface area contributed by atoms with E-state index >= 15 is 0 Å². The molecule has 23 heavy (non-hydrogen) atoms. The highest BCUT2D eigenvalue weighted by atomic mass is 19.1. The van der Waals surface area contributed by atoms with Crippen molar-refractivity contribution in [3.8, 4) is 0 Å². The first-order chi connectivity index (χ1) is 11.2. The van der Waals surface area contributed by atoms with E-state index in [0.29, 0.717) is 18.2 Å². The van der Waals surface area contributed by atoms with Gasteiger partial charge in [-0.25, -0.2) is 9.38 Å². The number of benzene rings is 1. The van der Waals surface area contributed by atoms with Crippen molar-refractivity contribution in [1.29, 1.82) is 0 Å². The Morgan fingerprint density at radius 2 is 2.13 bits per heavy atom. The van der Waals surface area contributed by atoms with Gasteiger partial charge in [0.25, 0.3) is 0 Å². The van der Waals surface area contributed by atoms with E-state index < -0.39 is 0 Å². The number of aliphatic imine (C=N–C) groups is 1. The van der Waals surface area contributed by atoms with Crippen LogP contribution in [0, 0.1) is 12.7 Å². The van der Waals surface area contributed by atoms with E-state index in [2.05, 4.69) is 27.8 Å². The summed E-state index contributed by atoms with van der Waals surface area (Å²) in [5.41, 5.74) is 1.65. The van der Waals surface area contributed by atoms with Crippen LogP contribution in [0.1, 0.15) is 31.1 Å². The van der Waals surface area contributed by atoms with Crippen LogP contribution in [0.5, 0.6) is 0 Å². The van der Waals surface area contributed by atoms with Crippen LogP contribution in [0.2, 0.25) is 0 Å². The standard InChI is InChI=1S/C18H22FN3O/c1-3-20-18(22-14-6-4-5-7-14)21-11-17-12(2)15-10-13(19)8-9-16(15)23-17/h4-5,8-10,14H,3,6-7,11H2,1-2H3,(H2,20,21,22). The predicted molar refractivity (Wildman–Crippen MR) is 91.0 cm³/mol. The van der Waals surface area contributed by atoms with E-state index in [1.165, 1.54) is 12.1 Å². The summed E-state index contributed by atoms with van der Waals surface area (Å²) in [6.45, 7) is 5.21. The van der Waals surface area contributed by atoms with Gasteiger partial charge >= 0.3 is 0 Å². The fourth-order valence-electron chi connectivity index (χ4n) is 2.79. The summed E-state index contributed by atoms with van der Waals surface area (Å²) >= 11 is 0. The molecule has 0 saturated carbocycles. The molecule has 122 valence electrons. The third kappa shape index (κ3) is 3.55. The van der Waals surface area contributed by atoms with Crippen molar-refractivity contribution in [3.63, 3.8) is 0 Å². The Morgan fingerprint density at radius 1 is 1.35 bits per heavy atom. The highest BCUT2D eigenvalue weighted by molar-refractivity contribution is 5.83. The van der Waals surface area contributed by atoms with Gasteiger partial charge in [-0.1, -0.05) is 12.2 Å². The average Bonchev–Trinajstić information content (AvgIpc) is 3.14. The first-order valence-electron chi connectivity index (χ1n) is 8.04. The van der Waals surface area contributed by atoms with Crippen LogP contribution in [0.15, 0.2) is 39.8 Å². The lowest BCUT2D eigenvalue weighted by molar-refractivity contribution is 0.545. The predicted octanol–water partition coefficient (Wildman–Crippen LogP) is 3.65. The molecule has 0 bridgehead atoms. The molecular formula is C18H22FN3O. The third-order valence-electron chi connectivity index (χ3n) is 4.07. The van der Waals surface area contributed by atoms with Gasteiger partial charge in [-0.05, 0) is 44.9 Å². The maximum Gasteiger partial charge on any atom is 0.191 e. The minimum Gasteiger partial charge on any atom is -0.459 e. The second-order valence-corrected chi connectivity index (χ2v) is 5.77. The molecule has 5 heteroatoms. The SMILES string of the molecule is CCNC(=NCc1oc2ccc(F)cc2c1C)NC1CC=CC1. The molecular weight excluding hydrogens is 293 g/mol. The fraction of sp³-hybridized carbons (Fsp3) is 0.389. The Hall–Kier alpha value is -2.30. The van der Waals surface area contributed by atoms with E-state index in [9.17, 15) is 4.39 Å². The number of nitrogens with one attached hydrogen (secondary N) is 2. The summed E-state index contributed by atoms with van der Waals surface area (Å²) in [6, 6.07) is 4.99. The molecule has 0 atom stereocenters. The van der Waals surface area contributed by atoms with Crippen LogP contribution in [0.4, 0.5) is 4.39 Å². The molecule has 1 aliphatic rings. The van der Waals surface area contributed by atoms with E-state index in [4.69, 9.17) is 4.42 Å². The number of aryl methyl sites for hydroxylation is 1. The van der Waals surface area contributed by atoms with Gasteiger partial charge in [0.15, 0.2) is 5.96 Å². The Balaban J connectivity index is 1.77. The Kier molecular flexibility index (Phi) is 4.65. The maximum atomic E-state index is 13.4. The lowest BCUT2D eigenvalue weighted by atomic mass is 10.1. The number of guanidine groups is 1. The number of furan rings is 1. The minimum atomic E-state index is -0.250. The molecule has 1 aromatic carbocycles. The van der Waals surface area contributed by atoms with Crippen molar-refractivity contribution < 1.29 is 8.81 Å². The molecule has 3 rings (SSSR count). The zero-order valence-corrected chi connectivity index (χ0v) is 13.5. The van der Waals surface area contributed by atoms with Gasteiger partial charge in [0.05, 0.1) is 0 Å². The second kappa shape index (κ2) is 6.86. The van der Waals surface area contributed by atoms with Crippen molar-refractivity contribution in [2.75, 3.05) is 6.54 Å². The largest absolute Gasteiger partial charge is 0.459 e. The molecule has 0 saturated heterocycles. The number of halogens is 1. The molecule has 0 radical (unpaired) electrons. The Labute approximate surface area is 135 Å². The van der Waals surface area contributed by atoms with Crippen LogP contribution >= 0.6 is 0 Å². The third-order valence-corrected chi connectivity index (χ3v) is 4.07. The van der Waals surface area contributed by atoms with Crippen LogP contribution in [0.3, 0.4) is 0 Å². The van der Waals surface area contributed by atoms with E-state index in [0.717, 1.165) is 42.1 Å². The molecule has 2 aromatic rings. The van der Waals surface area contributed by atoms with Crippen LogP contribution in [0.25, 0.3) is 11.0 Å². The van der Waals surface area contributed by atoms with Gasteiger partial charge in [0.2, 0.25) is 0 Å². The van der Waals surface area contributed by atoms with Crippen LogP contribution in [-0.4, -0.2) is 18.5 Å². The summed E-state index contributed by atoms with van der Waals surface area (Å²) in [5, 5.41) is 7.49. The topological polar surface area (TPSA) is 49.6 Å². The molecule has 1 heterocycles. The fourth-order valence-corrected chi connectivity index (χ4v) is 2.79. The molecule has 0 unspecified atom stereocenters. The lowest BCUT2D eigenvalue weighted by Crippen LogP contribution is -2.42. The number of rotatable bonds is 4. The minimum absolute atomic E-state index is 0.250. The average molecular weight is 315 g/mol. The van der Waals surface area contributed by atoms with Gasteiger partial charge in [-0.2, -0.15) is 0 Å². The van der Waals surface area contributed by atoms with Crippen molar-refractivity contribution in [3.05, 3.63) is 47.5 Å². The summed E-state index contributed by atoms with van der Waals surface area (Å²) in [5.74, 6) is 1.31. The zero-order chi connectivity index (χ0) is 16.2. The van der Waals surface area contributed by atoms with Crippen LogP contribution in [-0.2, 0) is 6.54 Å². The highest BCUT2D eigenvalue weighted by Crippen LogP contribution is 2.26. The Morgan fingerprint density at radius 3 is 2.87 bits per heavy atom. The molecule has 2 N–H and O–H groups in total. The molecule has 1 aliphatic carbocycles. The lowest BCUT2D eigenvalue weighted by Gasteiger charge is -2.16. The molecule has 1 aromatic heterocycles. The Bertz CT molecular complexity index is 740. The maximum absolute atomic E-state index is 13.4. The summed E-state index contributed by atoms with van der Waals surface area (Å²) in [6.07, 6.45) is 6.40. The van der Waals surface area contributed by atoms with Gasteiger partial charge in [0, 0.05) is 23.5 Å². The first-order valence-corrected chi connectivity index (χ1v) is 8.04. The zero-order valence-electron chi connectivity index (χ0n) is 13.5. The monoisotopic (exact) mass is 315 g/mol. The van der Waals surface area contributed by atoms with Crippen molar-refractivity contribution in [2.45, 2.75) is 39.3 Å². The molecule has 4 nitrogen and oxygen atoms in total. The van der Waals surface area contributed by atoms with Crippen molar-refractivity contribution in [2.24, 2.45) is 4.99 Å². The first kappa shape index (κ1) is 15.6. The van der Waals surface area contributed by atoms with Gasteiger partial charge in [-0.3, -0.25) is 0 Å². The van der Waals surface area contributed by atoms with Gasteiger partial charge in [0.1, 0.15) is 23.7 Å². The highest BCUT2D eigenvalue weighted by Gasteiger charge is 2.13. The number of nitrogens with zero attached hydrogens (tertiary/aromatic N) is 1. The van der Waals surface area contributed by atoms with Crippen LogP contribution < -0.4 is 10.6 Å². The quantitative estimate of drug-likeness (QED) is 0.514. The van der Waals surface area contributed by atoms with Gasteiger partial charge < -0.3 is 15.1 Å². The molecule has 0 aliphatic heterocycles. The summed E-state index contributed by atoms with van der Waals surface area (Å²) < 4.78 is 19.2. The number of hydrogen-bond donors (Lipinski definition) is 2. The molecule has 0 amide bonds. The summed E-state index contributed by atoms with van der Waals surface area (Å²) in [4.78, 5) is 4.60. The number of hydrogen-bond acceptors (Lipinski definition) is 2. The second-order valence-electron chi connectivity index (χ2n) is 5.77. The normalized spacial score (nSPS) is 15.5. The molecule has 0 fully saturated rings. The van der Waals surface area contributed by atoms with E-state index in [1.54, 1.807) is 6.07 Å². The number of fused-ring (bicyclic) bond motifs is 1. The summed E-state index contributed by atoms with van der Waals surface area (Å²) in [7, 11) is 0. The van der Waals surface area contributed by atoms with E-state index in [-0.39, 0.29) is 5.82 Å². The molecule has 0 spiro atoms.